The average Bonchev–Trinajstić information content (AvgIpc) is 2.99. The Morgan fingerprint density at radius 2 is 1.77 bits per heavy atom. The van der Waals surface area contributed by atoms with Crippen LogP contribution in [-0.4, -0.2) is 73.0 Å². The number of hydrogen-bond donors (Lipinski definition) is 2. The Labute approximate surface area is 177 Å². The average molecular weight is 430 g/mol. The zero-order valence-corrected chi connectivity index (χ0v) is 16.9. The first-order valence-corrected chi connectivity index (χ1v) is 10.5. The maximum Gasteiger partial charge on any atom is 0.262 e. The highest BCUT2D eigenvalue weighted by Gasteiger charge is 2.45. The molecule has 1 unspecified atom stereocenters. The second-order valence-corrected chi connectivity index (χ2v) is 8.49. The molecule has 0 saturated carbocycles. The Morgan fingerprint density at radius 1 is 1.06 bits per heavy atom. The van der Waals surface area contributed by atoms with Crippen LogP contribution in [0.3, 0.4) is 0 Å². The van der Waals surface area contributed by atoms with E-state index in [-0.39, 0.29) is 35.3 Å². The van der Waals surface area contributed by atoms with Crippen molar-refractivity contribution in [2.45, 2.75) is 37.3 Å². The van der Waals surface area contributed by atoms with Gasteiger partial charge in [0.15, 0.2) is 0 Å². The van der Waals surface area contributed by atoms with Gasteiger partial charge in [-0.05, 0) is 31.4 Å². The highest BCUT2D eigenvalue weighted by molar-refractivity contribution is 6.23. The third-order valence-corrected chi connectivity index (χ3v) is 6.66. The molecule has 4 aliphatic heterocycles. The van der Waals surface area contributed by atoms with Crippen LogP contribution < -0.4 is 15.5 Å². The Bertz CT molecular complexity index is 980. The largest absolute Gasteiger partial charge is 0.372 e. The van der Waals surface area contributed by atoms with Crippen molar-refractivity contribution in [1.29, 1.82) is 0 Å². The molecule has 1 aromatic carbocycles. The smallest absolute Gasteiger partial charge is 0.262 e. The third kappa shape index (κ3) is 3.30. The summed E-state index contributed by atoms with van der Waals surface area (Å²) in [6.45, 7) is 3.37. The van der Waals surface area contributed by atoms with Crippen molar-refractivity contribution in [1.82, 2.24) is 15.5 Å². The zero-order chi connectivity index (χ0) is 21.8. The van der Waals surface area contributed by atoms with E-state index in [1.165, 1.54) is 6.07 Å². The van der Waals surface area contributed by atoms with E-state index in [9.17, 15) is 23.6 Å². The summed E-state index contributed by atoms with van der Waals surface area (Å²) in [5, 5.41) is 5.49. The van der Waals surface area contributed by atoms with Crippen LogP contribution in [0.2, 0.25) is 0 Å². The minimum absolute atomic E-state index is 0.0376. The number of nitrogens with zero attached hydrogens (tertiary/aromatic N) is 2. The molecule has 164 valence electrons. The van der Waals surface area contributed by atoms with Gasteiger partial charge in [0.25, 0.3) is 11.8 Å². The Balaban J connectivity index is 1.38. The molecule has 0 radical (unpaired) electrons. The number of anilines is 1. The van der Waals surface area contributed by atoms with E-state index in [0.717, 1.165) is 36.9 Å². The molecule has 9 nitrogen and oxygen atoms in total. The monoisotopic (exact) mass is 430 g/mol. The van der Waals surface area contributed by atoms with E-state index in [0.29, 0.717) is 19.7 Å². The maximum absolute atomic E-state index is 15.0. The van der Waals surface area contributed by atoms with E-state index in [4.69, 9.17) is 4.74 Å². The minimum Gasteiger partial charge on any atom is -0.372 e. The lowest BCUT2D eigenvalue weighted by Crippen LogP contribution is -2.55. The van der Waals surface area contributed by atoms with Crippen molar-refractivity contribution >= 4 is 29.3 Å². The summed E-state index contributed by atoms with van der Waals surface area (Å²) in [5.74, 6) is -3.05. The van der Waals surface area contributed by atoms with E-state index in [1.54, 1.807) is 0 Å². The quantitative estimate of drug-likeness (QED) is 0.645. The molecule has 31 heavy (non-hydrogen) atoms. The summed E-state index contributed by atoms with van der Waals surface area (Å²) < 4.78 is 20.9. The first kappa shape index (κ1) is 20.1. The van der Waals surface area contributed by atoms with Gasteiger partial charge in [-0.3, -0.25) is 29.4 Å². The number of halogens is 1. The fraction of sp³-hybridized carbons (Fsp3) is 0.524. The van der Waals surface area contributed by atoms with Crippen LogP contribution in [0.4, 0.5) is 10.1 Å². The predicted octanol–water partition coefficient (Wildman–Crippen LogP) is 0.186. The second-order valence-electron chi connectivity index (χ2n) is 8.49. The van der Waals surface area contributed by atoms with Gasteiger partial charge in [0, 0.05) is 32.6 Å². The van der Waals surface area contributed by atoms with Crippen LogP contribution in [0.15, 0.2) is 12.1 Å². The number of piperidine rings is 2. The number of ether oxygens (including phenoxy) is 1. The molecule has 1 aromatic rings. The molecule has 3 saturated heterocycles. The van der Waals surface area contributed by atoms with Crippen LogP contribution in [-0.2, 0) is 14.3 Å². The van der Waals surface area contributed by atoms with Gasteiger partial charge < -0.3 is 15.0 Å². The molecular formula is C21H23FN4O5. The van der Waals surface area contributed by atoms with Crippen LogP contribution in [0, 0.1) is 5.82 Å². The first-order chi connectivity index (χ1) is 14.9. The highest BCUT2D eigenvalue weighted by atomic mass is 19.1. The second kappa shape index (κ2) is 7.38. The van der Waals surface area contributed by atoms with Crippen molar-refractivity contribution in [2.24, 2.45) is 0 Å². The number of fused-ring (bicyclic) bond motifs is 1. The van der Waals surface area contributed by atoms with Crippen molar-refractivity contribution < 1.29 is 28.3 Å². The van der Waals surface area contributed by atoms with Crippen molar-refractivity contribution in [3.05, 3.63) is 29.1 Å². The summed E-state index contributed by atoms with van der Waals surface area (Å²) in [7, 11) is 0. The summed E-state index contributed by atoms with van der Waals surface area (Å²) in [5.41, 5.74) is 0.0610. The summed E-state index contributed by atoms with van der Waals surface area (Å²) in [4.78, 5) is 52.1. The number of carbonyl (C=O) groups excluding carboxylic acids is 4. The number of hydrogen-bond acceptors (Lipinski definition) is 7. The van der Waals surface area contributed by atoms with Crippen LogP contribution in [0.5, 0.6) is 0 Å². The molecule has 5 rings (SSSR count). The number of morpholine rings is 1. The molecule has 0 aromatic heterocycles. The third-order valence-electron chi connectivity index (χ3n) is 6.66. The van der Waals surface area contributed by atoms with Crippen LogP contribution in [0.1, 0.15) is 46.4 Å². The molecule has 3 fully saturated rings. The molecule has 10 heteroatoms. The fourth-order valence-corrected chi connectivity index (χ4v) is 4.90. The van der Waals surface area contributed by atoms with Gasteiger partial charge in [-0.1, -0.05) is 0 Å². The number of rotatable bonds is 2. The summed E-state index contributed by atoms with van der Waals surface area (Å²) in [6.07, 6.45) is 1.56. The van der Waals surface area contributed by atoms with E-state index in [1.807, 2.05) is 4.90 Å². The molecule has 4 amide bonds. The lowest BCUT2D eigenvalue weighted by Gasteiger charge is -2.44. The van der Waals surface area contributed by atoms with E-state index < -0.39 is 35.5 Å². The number of nitrogens with one attached hydrogen (secondary N) is 2. The normalized spacial score (nSPS) is 25.8. The minimum atomic E-state index is -1.07. The van der Waals surface area contributed by atoms with Gasteiger partial charge in [0.1, 0.15) is 11.9 Å². The molecule has 0 bridgehead atoms. The number of imide groups is 2. The maximum atomic E-state index is 15.0. The molecule has 4 aliphatic rings. The Kier molecular flexibility index (Phi) is 4.78. The van der Waals surface area contributed by atoms with Crippen molar-refractivity contribution in [2.75, 3.05) is 37.7 Å². The Hall–Kier alpha value is -2.85. The topological polar surface area (TPSA) is 108 Å². The lowest BCUT2D eigenvalue weighted by molar-refractivity contribution is -0.136. The Morgan fingerprint density at radius 3 is 2.42 bits per heavy atom. The highest BCUT2D eigenvalue weighted by Crippen LogP contribution is 2.35. The van der Waals surface area contributed by atoms with Gasteiger partial charge in [0.2, 0.25) is 11.8 Å². The first-order valence-electron chi connectivity index (χ1n) is 10.5. The molecule has 1 atom stereocenters. The number of benzene rings is 1. The fourth-order valence-electron chi connectivity index (χ4n) is 4.90. The van der Waals surface area contributed by atoms with Gasteiger partial charge in [-0.2, -0.15) is 0 Å². The van der Waals surface area contributed by atoms with E-state index in [2.05, 4.69) is 10.6 Å². The summed E-state index contributed by atoms with van der Waals surface area (Å²) in [6, 6.07) is 1.43. The molecule has 4 heterocycles. The molecule has 0 aliphatic carbocycles. The van der Waals surface area contributed by atoms with Gasteiger partial charge in [-0.15, -0.1) is 0 Å². The SMILES string of the molecule is O=C1CCC(N2C(=O)c3cc(F)c(N4CCC5(CC4)CNCCO5)cc3C2=O)C(=O)N1. The molecular weight excluding hydrogens is 407 g/mol. The number of amides is 4. The summed E-state index contributed by atoms with van der Waals surface area (Å²) >= 11 is 0. The van der Waals surface area contributed by atoms with Crippen LogP contribution >= 0.6 is 0 Å². The molecule has 2 N–H and O–H groups in total. The van der Waals surface area contributed by atoms with Gasteiger partial charge >= 0.3 is 0 Å². The zero-order valence-electron chi connectivity index (χ0n) is 16.9. The van der Waals surface area contributed by atoms with Crippen LogP contribution in [0.25, 0.3) is 0 Å². The van der Waals surface area contributed by atoms with Gasteiger partial charge in [-0.25, -0.2) is 4.39 Å². The van der Waals surface area contributed by atoms with Crippen molar-refractivity contribution in [3.63, 3.8) is 0 Å². The number of carbonyl (C=O) groups is 4. The lowest BCUT2D eigenvalue weighted by atomic mass is 9.89. The van der Waals surface area contributed by atoms with Crippen molar-refractivity contribution in [3.8, 4) is 0 Å². The standard InChI is InChI=1S/C21H23FN4O5/c22-14-9-12-13(20(30)26(19(12)29)15-1-2-17(27)24-18(15)28)10-16(14)25-6-3-21(4-7-25)11-23-5-8-31-21/h9-10,15,23H,1-8,11H2,(H,24,27,28). The molecule has 1 spiro atoms. The van der Waals surface area contributed by atoms with E-state index >= 15 is 0 Å². The van der Waals surface area contributed by atoms with Gasteiger partial charge in [0.05, 0.1) is 29.0 Å². The predicted molar refractivity (Wildman–Crippen MR) is 106 cm³/mol.